The van der Waals surface area contributed by atoms with Gasteiger partial charge in [-0.15, -0.1) is 18.3 Å². The van der Waals surface area contributed by atoms with Crippen LogP contribution in [0.15, 0.2) is 55.5 Å². The highest BCUT2D eigenvalue weighted by atomic mass is 19.4. The second-order valence-electron chi connectivity index (χ2n) is 9.46. The Labute approximate surface area is 223 Å². The maximum Gasteiger partial charge on any atom is 0.573 e. The van der Waals surface area contributed by atoms with Gasteiger partial charge >= 0.3 is 6.36 Å². The Morgan fingerprint density at radius 3 is 2.56 bits per heavy atom. The van der Waals surface area contributed by atoms with Gasteiger partial charge in [0.1, 0.15) is 18.1 Å². The van der Waals surface area contributed by atoms with Crippen molar-refractivity contribution in [3.8, 4) is 22.6 Å². The SMILES string of the molecule is C=CC(=O)N(C)CCOc1cnccc1-c1ccc(CNC(=O)c2cn(C(C)(C)C)nn2)c(OC(F)(F)F)c1. The van der Waals surface area contributed by atoms with Crippen molar-refractivity contribution in [1.82, 2.24) is 30.2 Å². The maximum atomic E-state index is 13.2. The van der Waals surface area contributed by atoms with Gasteiger partial charge in [-0.05, 0) is 44.5 Å². The predicted molar refractivity (Wildman–Crippen MR) is 136 cm³/mol. The lowest BCUT2D eigenvalue weighted by atomic mass is 10.0. The number of halogens is 3. The molecule has 1 aromatic carbocycles. The van der Waals surface area contributed by atoms with Crippen LogP contribution in [0.5, 0.6) is 11.5 Å². The third kappa shape index (κ3) is 8.03. The van der Waals surface area contributed by atoms with Gasteiger partial charge in [0.05, 0.1) is 24.5 Å². The molecule has 0 aliphatic rings. The molecule has 0 unspecified atom stereocenters. The summed E-state index contributed by atoms with van der Waals surface area (Å²) in [6, 6.07) is 5.79. The number of carbonyl (C=O) groups is 2. The number of carbonyl (C=O) groups excluding carboxylic acids is 2. The van der Waals surface area contributed by atoms with E-state index < -0.39 is 23.6 Å². The fourth-order valence-corrected chi connectivity index (χ4v) is 3.34. The van der Waals surface area contributed by atoms with Crippen molar-refractivity contribution < 1.29 is 32.2 Å². The molecule has 0 atom stereocenters. The molecule has 10 nitrogen and oxygen atoms in total. The van der Waals surface area contributed by atoms with Gasteiger partial charge in [-0.1, -0.05) is 23.9 Å². The Kier molecular flexibility index (Phi) is 8.94. The second kappa shape index (κ2) is 12.0. The third-order valence-corrected chi connectivity index (χ3v) is 5.48. The summed E-state index contributed by atoms with van der Waals surface area (Å²) in [5.74, 6) is -1.06. The van der Waals surface area contributed by atoms with Crippen molar-refractivity contribution in [1.29, 1.82) is 0 Å². The van der Waals surface area contributed by atoms with Gasteiger partial charge in [0.25, 0.3) is 5.91 Å². The van der Waals surface area contributed by atoms with E-state index in [2.05, 4.69) is 31.9 Å². The quantitative estimate of drug-likeness (QED) is 0.384. The molecule has 13 heteroatoms. The fraction of sp³-hybridized carbons (Fsp3) is 0.346. The molecule has 0 bridgehead atoms. The lowest BCUT2D eigenvalue weighted by molar-refractivity contribution is -0.274. The number of nitrogens with one attached hydrogen (secondary N) is 1. The molecule has 0 radical (unpaired) electrons. The average molecular weight is 547 g/mol. The molecule has 208 valence electrons. The monoisotopic (exact) mass is 546 g/mol. The highest BCUT2D eigenvalue weighted by molar-refractivity contribution is 5.91. The number of likely N-dealkylation sites (N-methyl/N-ethyl adjacent to an activating group) is 1. The molecule has 39 heavy (non-hydrogen) atoms. The third-order valence-electron chi connectivity index (χ3n) is 5.48. The van der Waals surface area contributed by atoms with Crippen molar-refractivity contribution in [3.63, 3.8) is 0 Å². The molecule has 0 fully saturated rings. The fourth-order valence-electron chi connectivity index (χ4n) is 3.34. The number of amides is 2. The summed E-state index contributed by atoms with van der Waals surface area (Å²) in [5.41, 5.74) is 0.547. The summed E-state index contributed by atoms with van der Waals surface area (Å²) in [6.07, 6.45) is 0.567. The summed E-state index contributed by atoms with van der Waals surface area (Å²) in [7, 11) is 1.59. The van der Waals surface area contributed by atoms with E-state index in [0.29, 0.717) is 16.9 Å². The number of aromatic nitrogens is 4. The summed E-state index contributed by atoms with van der Waals surface area (Å²) >= 11 is 0. The van der Waals surface area contributed by atoms with Crippen molar-refractivity contribution >= 4 is 11.8 Å². The molecule has 2 amide bonds. The zero-order chi connectivity index (χ0) is 28.8. The molecule has 0 saturated carbocycles. The Bertz CT molecular complexity index is 1330. The number of hydrogen-bond acceptors (Lipinski definition) is 7. The number of nitrogens with zero attached hydrogens (tertiary/aromatic N) is 5. The van der Waals surface area contributed by atoms with Crippen LogP contribution in [0.3, 0.4) is 0 Å². The van der Waals surface area contributed by atoms with E-state index in [4.69, 9.17) is 4.74 Å². The first-order valence-electron chi connectivity index (χ1n) is 11.8. The van der Waals surface area contributed by atoms with Crippen molar-refractivity contribution in [2.75, 3.05) is 20.2 Å². The van der Waals surface area contributed by atoms with Crippen molar-refractivity contribution in [3.05, 3.63) is 66.8 Å². The van der Waals surface area contributed by atoms with Gasteiger partial charge in [-0.3, -0.25) is 14.6 Å². The van der Waals surface area contributed by atoms with Crippen LogP contribution in [0.4, 0.5) is 13.2 Å². The topological polar surface area (TPSA) is 111 Å². The second-order valence-corrected chi connectivity index (χ2v) is 9.46. The normalized spacial score (nSPS) is 11.6. The van der Waals surface area contributed by atoms with Crippen LogP contribution in [-0.4, -0.2) is 63.3 Å². The largest absolute Gasteiger partial charge is 0.573 e. The number of ether oxygens (including phenoxy) is 2. The molecular formula is C26H29F3N6O4. The number of rotatable bonds is 10. The molecule has 0 aliphatic carbocycles. The zero-order valence-corrected chi connectivity index (χ0v) is 22.0. The molecule has 1 N–H and O–H groups in total. The van der Waals surface area contributed by atoms with Gasteiger partial charge in [0.2, 0.25) is 5.91 Å². The lowest BCUT2D eigenvalue weighted by Crippen LogP contribution is -2.29. The van der Waals surface area contributed by atoms with Gasteiger partial charge in [0, 0.05) is 30.9 Å². The highest BCUT2D eigenvalue weighted by Crippen LogP contribution is 2.35. The van der Waals surface area contributed by atoms with Gasteiger partial charge in [0.15, 0.2) is 5.69 Å². The molecule has 3 aromatic rings. The summed E-state index contributed by atoms with van der Waals surface area (Å²) in [4.78, 5) is 29.6. The van der Waals surface area contributed by atoms with E-state index in [1.54, 1.807) is 19.2 Å². The first kappa shape index (κ1) is 29.1. The number of pyridine rings is 1. The van der Waals surface area contributed by atoms with E-state index >= 15 is 0 Å². The molecule has 2 heterocycles. The number of hydrogen-bond donors (Lipinski definition) is 1. The summed E-state index contributed by atoms with van der Waals surface area (Å²) in [5, 5.41) is 10.3. The van der Waals surface area contributed by atoms with Gasteiger partial charge in [-0.25, -0.2) is 4.68 Å². The standard InChI is InChI=1S/C26H29F3N6O4/c1-6-23(36)34(5)11-12-38-22-15-30-10-9-19(22)17-7-8-18(21(13-17)39-26(27,28)29)14-31-24(37)20-16-35(33-32-20)25(2,3)4/h6-10,13,15-16H,1,11-12,14H2,2-5H3,(H,31,37). The minimum Gasteiger partial charge on any atom is -0.489 e. The molecule has 0 aliphatic heterocycles. The van der Waals surface area contributed by atoms with Gasteiger partial charge in [-0.2, -0.15) is 0 Å². The van der Waals surface area contributed by atoms with Crippen LogP contribution in [-0.2, 0) is 16.9 Å². The van der Waals surface area contributed by atoms with E-state index in [-0.39, 0.29) is 36.9 Å². The first-order valence-corrected chi connectivity index (χ1v) is 11.8. The first-order chi connectivity index (χ1) is 18.3. The zero-order valence-electron chi connectivity index (χ0n) is 22.0. The molecular weight excluding hydrogens is 517 g/mol. The minimum absolute atomic E-state index is 0.0267. The minimum atomic E-state index is -4.97. The van der Waals surface area contributed by atoms with Crippen LogP contribution in [0.25, 0.3) is 11.1 Å². The predicted octanol–water partition coefficient (Wildman–Crippen LogP) is 3.95. The van der Waals surface area contributed by atoms with E-state index in [1.165, 1.54) is 46.4 Å². The Hall–Kier alpha value is -4.42. The van der Waals surface area contributed by atoms with Crippen molar-refractivity contribution in [2.24, 2.45) is 0 Å². The van der Waals surface area contributed by atoms with Crippen LogP contribution in [0.2, 0.25) is 0 Å². The van der Waals surface area contributed by atoms with E-state index in [1.807, 2.05) is 20.8 Å². The molecule has 0 saturated heterocycles. The maximum absolute atomic E-state index is 13.2. The summed E-state index contributed by atoms with van der Waals surface area (Å²) < 4.78 is 51.3. The number of alkyl halides is 3. The molecule has 3 rings (SSSR count). The number of benzene rings is 1. The molecule has 2 aromatic heterocycles. The van der Waals surface area contributed by atoms with Crippen molar-refractivity contribution in [2.45, 2.75) is 39.2 Å². The van der Waals surface area contributed by atoms with Gasteiger partial charge < -0.3 is 19.7 Å². The smallest absolute Gasteiger partial charge is 0.489 e. The lowest BCUT2D eigenvalue weighted by Gasteiger charge is -2.18. The average Bonchev–Trinajstić information content (AvgIpc) is 3.38. The van der Waals surface area contributed by atoms with Crippen LogP contribution in [0, 0.1) is 0 Å². The van der Waals surface area contributed by atoms with Crippen LogP contribution >= 0.6 is 0 Å². The Morgan fingerprint density at radius 2 is 1.92 bits per heavy atom. The van der Waals surface area contributed by atoms with Crippen LogP contribution in [0.1, 0.15) is 36.8 Å². The van der Waals surface area contributed by atoms with E-state index in [9.17, 15) is 22.8 Å². The Balaban J connectivity index is 1.81. The highest BCUT2D eigenvalue weighted by Gasteiger charge is 2.32. The van der Waals surface area contributed by atoms with E-state index in [0.717, 1.165) is 0 Å². The Morgan fingerprint density at radius 1 is 1.18 bits per heavy atom. The van der Waals surface area contributed by atoms with Crippen LogP contribution < -0.4 is 14.8 Å². The summed E-state index contributed by atoms with van der Waals surface area (Å²) in [6.45, 7) is 9.19. The molecule has 0 spiro atoms.